The third-order valence-electron chi connectivity index (χ3n) is 3.30. The molecule has 90 valence electrons. The lowest BCUT2D eigenvalue weighted by molar-refractivity contribution is 0.338. The van der Waals surface area contributed by atoms with Crippen LogP contribution in [0.5, 0.6) is 0 Å². The Balaban J connectivity index is 2.69. The molecule has 0 amide bonds. The van der Waals surface area contributed by atoms with Crippen molar-refractivity contribution in [2.45, 2.75) is 33.1 Å². The summed E-state index contributed by atoms with van der Waals surface area (Å²) >= 11 is 6.02. The van der Waals surface area contributed by atoms with Gasteiger partial charge in [-0.25, -0.2) is 4.39 Å². The van der Waals surface area contributed by atoms with Gasteiger partial charge in [0.15, 0.2) is 0 Å². The van der Waals surface area contributed by atoms with Gasteiger partial charge in [-0.05, 0) is 36.0 Å². The molecule has 0 saturated heterocycles. The number of benzene rings is 1. The molecule has 1 unspecified atom stereocenters. The number of hydrogen-bond acceptors (Lipinski definition) is 0. The van der Waals surface area contributed by atoms with E-state index >= 15 is 0 Å². The standard InChI is InChI=1S/C14H20ClF/c1-3-12(4-2)13(10-15)8-11-6-5-7-14(16)9-11/h5-7,9,12-13H,3-4,8,10H2,1-2H3. The minimum atomic E-state index is -0.157. The smallest absolute Gasteiger partial charge is 0.123 e. The van der Waals surface area contributed by atoms with E-state index in [1.54, 1.807) is 12.1 Å². The minimum absolute atomic E-state index is 0.157. The number of rotatable bonds is 6. The molecule has 1 aromatic carbocycles. The van der Waals surface area contributed by atoms with Crippen LogP contribution in [-0.4, -0.2) is 5.88 Å². The van der Waals surface area contributed by atoms with Gasteiger partial charge in [0.2, 0.25) is 0 Å². The number of halogens is 2. The molecule has 1 rings (SSSR count). The summed E-state index contributed by atoms with van der Waals surface area (Å²) in [5.74, 6) is 1.60. The Labute approximate surface area is 103 Å². The van der Waals surface area contributed by atoms with Gasteiger partial charge in [-0.2, -0.15) is 0 Å². The van der Waals surface area contributed by atoms with Crippen molar-refractivity contribution in [2.75, 3.05) is 5.88 Å². The Morgan fingerprint density at radius 3 is 2.38 bits per heavy atom. The highest BCUT2D eigenvalue weighted by atomic mass is 35.5. The highest BCUT2D eigenvalue weighted by Gasteiger charge is 2.18. The molecule has 0 aliphatic heterocycles. The lowest BCUT2D eigenvalue weighted by Gasteiger charge is -2.23. The summed E-state index contributed by atoms with van der Waals surface area (Å²) in [4.78, 5) is 0. The van der Waals surface area contributed by atoms with E-state index in [0.29, 0.717) is 17.7 Å². The van der Waals surface area contributed by atoms with E-state index in [0.717, 1.165) is 24.8 Å². The van der Waals surface area contributed by atoms with Crippen LogP contribution in [0.15, 0.2) is 24.3 Å². The van der Waals surface area contributed by atoms with Crippen molar-refractivity contribution in [3.05, 3.63) is 35.6 Å². The van der Waals surface area contributed by atoms with E-state index in [2.05, 4.69) is 13.8 Å². The quantitative estimate of drug-likeness (QED) is 0.637. The van der Waals surface area contributed by atoms with E-state index in [4.69, 9.17) is 11.6 Å². The molecular formula is C14H20ClF. The van der Waals surface area contributed by atoms with Gasteiger partial charge in [0.25, 0.3) is 0 Å². The van der Waals surface area contributed by atoms with Crippen LogP contribution in [0.2, 0.25) is 0 Å². The molecule has 0 nitrogen and oxygen atoms in total. The summed E-state index contributed by atoms with van der Waals surface area (Å²) < 4.78 is 13.1. The van der Waals surface area contributed by atoms with Gasteiger partial charge >= 0.3 is 0 Å². The molecule has 0 bridgehead atoms. The van der Waals surface area contributed by atoms with Gasteiger partial charge in [-0.3, -0.25) is 0 Å². The van der Waals surface area contributed by atoms with E-state index in [1.165, 1.54) is 6.07 Å². The lowest BCUT2D eigenvalue weighted by Crippen LogP contribution is -2.18. The zero-order valence-electron chi connectivity index (χ0n) is 10.0. The molecule has 0 saturated carbocycles. The molecule has 1 aromatic rings. The maximum Gasteiger partial charge on any atom is 0.123 e. The first-order valence-corrected chi connectivity index (χ1v) is 6.55. The van der Waals surface area contributed by atoms with Crippen LogP contribution in [0.1, 0.15) is 32.3 Å². The second kappa shape index (κ2) is 6.90. The lowest BCUT2D eigenvalue weighted by atomic mass is 9.85. The molecule has 0 radical (unpaired) electrons. The Bertz CT molecular complexity index is 307. The first kappa shape index (κ1) is 13.5. The Morgan fingerprint density at radius 1 is 1.19 bits per heavy atom. The van der Waals surface area contributed by atoms with Crippen molar-refractivity contribution in [1.29, 1.82) is 0 Å². The summed E-state index contributed by atoms with van der Waals surface area (Å²) in [6.45, 7) is 4.39. The molecule has 0 spiro atoms. The molecule has 0 aliphatic carbocycles. The van der Waals surface area contributed by atoms with Crippen LogP contribution in [0, 0.1) is 17.7 Å². The molecule has 0 heterocycles. The zero-order chi connectivity index (χ0) is 12.0. The summed E-state index contributed by atoms with van der Waals surface area (Å²) in [5.41, 5.74) is 1.05. The van der Waals surface area contributed by atoms with E-state index < -0.39 is 0 Å². The third kappa shape index (κ3) is 3.79. The zero-order valence-corrected chi connectivity index (χ0v) is 10.8. The van der Waals surface area contributed by atoms with Gasteiger partial charge in [-0.1, -0.05) is 38.8 Å². The van der Waals surface area contributed by atoms with E-state index in [-0.39, 0.29) is 5.82 Å². The predicted octanol–water partition coefficient (Wildman–Crippen LogP) is 4.66. The SMILES string of the molecule is CCC(CC)C(CCl)Cc1cccc(F)c1. The summed E-state index contributed by atoms with van der Waals surface area (Å²) in [7, 11) is 0. The largest absolute Gasteiger partial charge is 0.207 e. The summed E-state index contributed by atoms with van der Waals surface area (Å²) in [5, 5.41) is 0. The average molecular weight is 243 g/mol. The van der Waals surface area contributed by atoms with Crippen LogP contribution >= 0.6 is 11.6 Å². The molecule has 16 heavy (non-hydrogen) atoms. The van der Waals surface area contributed by atoms with Gasteiger partial charge in [0.1, 0.15) is 5.82 Å². The number of alkyl halides is 1. The van der Waals surface area contributed by atoms with E-state index in [1.807, 2.05) is 6.07 Å². The fourth-order valence-electron chi connectivity index (χ4n) is 2.27. The Kier molecular flexibility index (Phi) is 5.83. The van der Waals surface area contributed by atoms with Gasteiger partial charge < -0.3 is 0 Å². The number of hydrogen-bond donors (Lipinski definition) is 0. The fourth-order valence-corrected chi connectivity index (χ4v) is 2.63. The van der Waals surface area contributed by atoms with Crippen molar-refractivity contribution in [2.24, 2.45) is 11.8 Å². The Hall–Kier alpha value is -0.560. The van der Waals surface area contributed by atoms with E-state index in [9.17, 15) is 4.39 Å². The van der Waals surface area contributed by atoms with Gasteiger partial charge in [0.05, 0.1) is 0 Å². The van der Waals surface area contributed by atoms with Crippen LogP contribution in [0.3, 0.4) is 0 Å². The third-order valence-corrected chi connectivity index (χ3v) is 3.70. The monoisotopic (exact) mass is 242 g/mol. The van der Waals surface area contributed by atoms with Gasteiger partial charge in [-0.15, -0.1) is 11.6 Å². The van der Waals surface area contributed by atoms with Crippen LogP contribution in [0.25, 0.3) is 0 Å². The molecule has 0 N–H and O–H groups in total. The maximum absolute atomic E-state index is 13.1. The topological polar surface area (TPSA) is 0 Å². The average Bonchev–Trinajstić information content (AvgIpc) is 2.29. The van der Waals surface area contributed by atoms with Crippen molar-refractivity contribution in [1.82, 2.24) is 0 Å². The van der Waals surface area contributed by atoms with Crippen molar-refractivity contribution in [3.8, 4) is 0 Å². The summed E-state index contributed by atoms with van der Waals surface area (Å²) in [6.07, 6.45) is 3.17. The second-order valence-electron chi connectivity index (χ2n) is 4.33. The predicted molar refractivity (Wildman–Crippen MR) is 68.4 cm³/mol. The second-order valence-corrected chi connectivity index (χ2v) is 4.63. The molecule has 0 aliphatic rings. The highest BCUT2D eigenvalue weighted by molar-refractivity contribution is 6.18. The van der Waals surface area contributed by atoms with Crippen LogP contribution in [0.4, 0.5) is 4.39 Å². The fraction of sp³-hybridized carbons (Fsp3) is 0.571. The van der Waals surface area contributed by atoms with Crippen LogP contribution < -0.4 is 0 Å². The first-order valence-electron chi connectivity index (χ1n) is 6.01. The van der Waals surface area contributed by atoms with Crippen molar-refractivity contribution >= 4 is 11.6 Å². The first-order chi connectivity index (χ1) is 7.71. The normalized spacial score (nSPS) is 13.1. The van der Waals surface area contributed by atoms with Crippen molar-refractivity contribution < 1.29 is 4.39 Å². The van der Waals surface area contributed by atoms with Crippen LogP contribution in [-0.2, 0) is 6.42 Å². The molecule has 0 fully saturated rings. The molecule has 2 heteroatoms. The molecular weight excluding hydrogens is 223 g/mol. The van der Waals surface area contributed by atoms with Crippen molar-refractivity contribution in [3.63, 3.8) is 0 Å². The molecule has 0 aromatic heterocycles. The molecule has 1 atom stereocenters. The minimum Gasteiger partial charge on any atom is -0.207 e. The highest BCUT2D eigenvalue weighted by Crippen LogP contribution is 2.25. The summed E-state index contributed by atoms with van der Waals surface area (Å²) in [6, 6.07) is 6.84. The maximum atomic E-state index is 13.1. The Morgan fingerprint density at radius 2 is 1.88 bits per heavy atom. The van der Waals surface area contributed by atoms with Gasteiger partial charge in [0, 0.05) is 5.88 Å².